The minimum atomic E-state index is -0.561. The summed E-state index contributed by atoms with van der Waals surface area (Å²) in [5, 5.41) is 0. The zero-order chi connectivity index (χ0) is 19.6. The van der Waals surface area contributed by atoms with E-state index >= 15 is 0 Å². The van der Waals surface area contributed by atoms with Crippen LogP contribution in [0.25, 0.3) is 0 Å². The summed E-state index contributed by atoms with van der Waals surface area (Å²) < 4.78 is 10.5. The second-order valence-corrected chi connectivity index (χ2v) is 6.43. The summed E-state index contributed by atoms with van der Waals surface area (Å²) in [6.45, 7) is 9.54. The van der Waals surface area contributed by atoms with Gasteiger partial charge in [0.1, 0.15) is 17.9 Å². The number of ether oxygens (including phenoxy) is 2. The van der Waals surface area contributed by atoms with Gasteiger partial charge in [-0.3, -0.25) is 9.59 Å². The van der Waals surface area contributed by atoms with E-state index in [9.17, 15) is 9.59 Å². The van der Waals surface area contributed by atoms with Crippen LogP contribution in [0.15, 0.2) is 24.3 Å². The zero-order valence-electron chi connectivity index (χ0n) is 16.8. The molecule has 0 aliphatic carbocycles. The molecule has 25 heavy (non-hydrogen) atoms. The normalized spacial score (nSPS) is 10.2. The molecule has 0 unspecified atom stereocenters. The van der Waals surface area contributed by atoms with Crippen molar-refractivity contribution >= 4 is 17.6 Å². The van der Waals surface area contributed by atoms with E-state index in [0.29, 0.717) is 5.75 Å². The maximum absolute atomic E-state index is 12.1. The summed E-state index contributed by atoms with van der Waals surface area (Å²) in [4.78, 5) is 27.3. The van der Waals surface area contributed by atoms with Crippen molar-refractivity contribution < 1.29 is 19.1 Å². The lowest BCUT2D eigenvalue weighted by molar-refractivity contribution is -0.153. The van der Waals surface area contributed by atoms with E-state index in [1.165, 1.54) is 4.90 Å². The average Bonchev–Trinajstić information content (AvgIpc) is 2.54. The Morgan fingerprint density at radius 1 is 1.00 bits per heavy atom. The number of methoxy groups -OCH3 is 1. The van der Waals surface area contributed by atoms with Gasteiger partial charge in [-0.15, -0.1) is 0 Å². The molecule has 0 heterocycles. The van der Waals surface area contributed by atoms with Gasteiger partial charge in [0.15, 0.2) is 0 Å². The molecule has 1 rings (SSSR count). The van der Waals surface area contributed by atoms with Crippen LogP contribution in [-0.4, -0.2) is 56.7 Å². The first-order chi connectivity index (χ1) is 11.6. The number of likely N-dealkylation sites (N-methyl/N-ethyl adjacent to an activating group) is 1. The Kier molecular flexibility index (Phi) is 9.64. The number of hydrogen-bond donors (Lipinski definition) is 0. The Labute approximate surface area is 151 Å². The molecule has 6 nitrogen and oxygen atoms in total. The predicted molar refractivity (Wildman–Crippen MR) is 101 cm³/mol. The van der Waals surface area contributed by atoms with Gasteiger partial charge in [0, 0.05) is 19.8 Å². The van der Waals surface area contributed by atoms with Gasteiger partial charge in [-0.05, 0) is 45.0 Å². The van der Waals surface area contributed by atoms with Crippen molar-refractivity contribution in [2.75, 3.05) is 39.2 Å². The summed E-state index contributed by atoms with van der Waals surface area (Å²) in [6.07, 6.45) is 0. The number of hydrogen-bond acceptors (Lipinski definition) is 5. The van der Waals surface area contributed by atoms with Gasteiger partial charge >= 0.3 is 5.97 Å². The zero-order valence-corrected chi connectivity index (χ0v) is 16.8. The predicted octanol–water partition coefficient (Wildman–Crippen LogP) is 2.96. The molecule has 6 heteroatoms. The standard InChI is InChI=1S/C17H26N2O4.C2H6/c1-17(2,3)23-16(21)12-19(11-15(20)18(4)5)13-7-9-14(22-6)10-8-13;1-2/h7-10H,11-12H2,1-6H3;1-2H3. The van der Waals surface area contributed by atoms with Crippen molar-refractivity contribution in [3.63, 3.8) is 0 Å². The van der Waals surface area contributed by atoms with Crippen molar-refractivity contribution in [2.45, 2.75) is 40.2 Å². The quantitative estimate of drug-likeness (QED) is 0.737. The van der Waals surface area contributed by atoms with Gasteiger partial charge in [-0.1, -0.05) is 13.8 Å². The summed E-state index contributed by atoms with van der Waals surface area (Å²) in [5.74, 6) is 0.245. The molecule has 0 atom stereocenters. The van der Waals surface area contributed by atoms with Gasteiger partial charge in [-0.2, -0.15) is 0 Å². The lowest BCUT2D eigenvalue weighted by atomic mass is 10.2. The van der Waals surface area contributed by atoms with Crippen molar-refractivity contribution in [1.82, 2.24) is 4.90 Å². The van der Waals surface area contributed by atoms with Crippen LogP contribution in [0.2, 0.25) is 0 Å². The third-order valence-electron chi connectivity index (χ3n) is 3.00. The summed E-state index contributed by atoms with van der Waals surface area (Å²) in [5.41, 5.74) is 0.195. The van der Waals surface area contributed by atoms with Crippen molar-refractivity contribution in [3.8, 4) is 5.75 Å². The molecule has 0 saturated heterocycles. The topological polar surface area (TPSA) is 59.1 Å². The maximum Gasteiger partial charge on any atom is 0.326 e. The average molecular weight is 352 g/mol. The van der Waals surface area contributed by atoms with Crippen LogP contribution >= 0.6 is 0 Å². The highest BCUT2D eigenvalue weighted by molar-refractivity contribution is 5.84. The fraction of sp³-hybridized carbons (Fsp3) is 0.579. The smallest absolute Gasteiger partial charge is 0.326 e. The molecular formula is C19H32N2O4. The molecule has 0 saturated carbocycles. The molecule has 1 aromatic rings. The van der Waals surface area contributed by atoms with E-state index in [1.807, 2.05) is 46.8 Å². The molecule has 0 aliphatic rings. The third kappa shape index (κ3) is 8.98. The van der Waals surface area contributed by atoms with Gasteiger partial charge < -0.3 is 19.3 Å². The van der Waals surface area contributed by atoms with Crippen molar-refractivity contribution in [1.29, 1.82) is 0 Å². The highest BCUT2D eigenvalue weighted by Crippen LogP contribution is 2.20. The van der Waals surface area contributed by atoms with E-state index in [0.717, 1.165) is 5.69 Å². The number of nitrogens with zero attached hydrogens (tertiary/aromatic N) is 2. The molecule has 1 amide bonds. The highest BCUT2D eigenvalue weighted by Gasteiger charge is 2.21. The maximum atomic E-state index is 12.1. The number of esters is 1. The van der Waals surface area contributed by atoms with Crippen molar-refractivity contribution in [3.05, 3.63) is 24.3 Å². The second-order valence-electron chi connectivity index (χ2n) is 6.43. The Hall–Kier alpha value is -2.24. The molecule has 0 spiro atoms. The lowest BCUT2D eigenvalue weighted by Gasteiger charge is -2.27. The Balaban J connectivity index is 0.00000277. The Morgan fingerprint density at radius 3 is 1.92 bits per heavy atom. The SMILES string of the molecule is CC.COc1ccc(N(CC(=O)OC(C)(C)C)CC(=O)N(C)C)cc1. The molecular weight excluding hydrogens is 320 g/mol. The number of carbonyl (C=O) groups excluding carboxylic acids is 2. The van der Waals surface area contributed by atoms with E-state index < -0.39 is 5.60 Å². The van der Waals surface area contributed by atoms with Gasteiger partial charge in [-0.25, -0.2) is 0 Å². The number of rotatable bonds is 6. The van der Waals surface area contributed by atoms with E-state index in [2.05, 4.69) is 0 Å². The molecule has 1 aromatic carbocycles. The van der Waals surface area contributed by atoms with Crippen LogP contribution in [0.4, 0.5) is 5.69 Å². The molecule has 0 fully saturated rings. The van der Waals surface area contributed by atoms with E-state index in [1.54, 1.807) is 38.2 Å². The lowest BCUT2D eigenvalue weighted by Crippen LogP contribution is -2.41. The Bertz CT molecular complexity index is 533. The van der Waals surface area contributed by atoms with Crippen LogP contribution in [-0.2, 0) is 14.3 Å². The third-order valence-corrected chi connectivity index (χ3v) is 3.00. The number of amides is 1. The van der Waals surface area contributed by atoms with Crippen LogP contribution < -0.4 is 9.64 Å². The minimum absolute atomic E-state index is 0.00315. The highest BCUT2D eigenvalue weighted by atomic mass is 16.6. The van der Waals surface area contributed by atoms with Gasteiger partial charge in [0.2, 0.25) is 5.91 Å². The van der Waals surface area contributed by atoms with Crippen LogP contribution in [0.3, 0.4) is 0 Å². The first kappa shape index (κ1) is 22.8. The molecule has 0 N–H and O–H groups in total. The van der Waals surface area contributed by atoms with Gasteiger partial charge in [0.25, 0.3) is 0 Å². The first-order valence-electron chi connectivity index (χ1n) is 8.43. The molecule has 0 aromatic heterocycles. The van der Waals surface area contributed by atoms with Crippen molar-refractivity contribution in [2.24, 2.45) is 0 Å². The fourth-order valence-corrected chi connectivity index (χ4v) is 1.87. The van der Waals surface area contributed by atoms with E-state index in [-0.39, 0.29) is 25.0 Å². The summed E-state index contributed by atoms with van der Waals surface area (Å²) in [6, 6.07) is 7.20. The van der Waals surface area contributed by atoms with Gasteiger partial charge in [0.05, 0.1) is 13.7 Å². The molecule has 0 aliphatic heterocycles. The number of anilines is 1. The summed E-state index contributed by atoms with van der Waals surface area (Å²) in [7, 11) is 4.95. The first-order valence-corrected chi connectivity index (χ1v) is 8.43. The summed E-state index contributed by atoms with van der Waals surface area (Å²) >= 11 is 0. The minimum Gasteiger partial charge on any atom is -0.497 e. The fourth-order valence-electron chi connectivity index (χ4n) is 1.87. The number of benzene rings is 1. The van der Waals surface area contributed by atoms with Crippen LogP contribution in [0, 0.1) is 0 Å². The molecule has 0 bridgehead atoms. The monoisotopic (exact) mass is 352 g/mol. The second kappa shape index (κ2) is 10.6. The molecule has 0 radical (unpaired) electrons. The van der Waals surface area contributed by atoms with Crippen LogP contribution in [0.5, 0.6) is 5.75 Å². The Morgan fingerprint density at radius 2 is 1.52 bits per heavy atom. The van der Waals surface area contributed by atoms with Crippen LogP contribution in [0.1, 0.15) is 34.6 Å². The molecule has 142 valence electrons. The largest absolute Gasteiger partial charge is 0.497 e. The van der Waals surface area contributed by atoms with E-state index in [4.69, 9.17) is 9.47 Å². The number of carbonyl (C=O) groups is 2.